The summed E-state index contributed by atoms with van der Waals surface area (Å²) in [7, 11) is 0. The molecule has 148 valence electrons. The number of rotatable bonds is 5. The molecule has 0 unspecified atom stereocenters. The number of benzene rings is 2. The molecule has 4 heteroatoms. The molecule has 0 aliphatic heterocycles. The zero-order valence-electron chi connectivity index (χ0n) is 17.0. The van der Waals surface area contributed by atoms with Crippen LogP contribution in [0.3, 0.4) is 0 Å². The maximum atomic E-state index is 10.9. The van der Waals surface area contributed by atoms with Gasteiger partial charge in [0.2, 0.25) is 0 Å². The van der Waals surface area contributed by atoms with Gasteiger partial charge in [0.25, 0.3) is 0 Å². The monoisotopic (exact) mass is 394 g/mol. The lowest BCUT2D eigenvalue weighted by Gasteiger charge is -2.08. The lowest BCUT2D eigenvalue weighted by molar-refractivity contribution is 0.112. The first-order valence-electron chi connectivity index (χ1n) is 9.80. The van der Waals surface area contributed by atoms with Crippen LogP contribution in [0.5, 0.6) is 0 Å². The molecule has 0 saturated heterocycles. The topological polar surface area (TPSA) is 63.1 Å². The Balaban J connectivity index is 1.85. The molecule has 2 aromatic carbocycles. The number of aliphatic hydroxyl groups excluding tert-OH is 1. The second-order valence-electron chi connectivity index (χ2n) is 7.36. The van der Waals surface area contributed by atoms with Gasteiger partial charge in [0.1, 0.15) is 6.29 Å². The molecule has 2 aromatic heterocycles. The summed E-state index contributed by atoms with van der Waals surface area (Å²) in [4.78, 5) is 20.7. The third-order valence-corrected chi connectivity index (χ3v) is 5.13. The number of aliphatic hydroxyl groups is 1. The van der Waals surface area contributed by atoms with Crippen LogP contribution in [0.15, 0.2) is 78.4 Å². The summed E-state index contributed by atoms with van der Waals surface area (Å²) >= 11 is 0. The first-order chi connectivity index (χ1) is 14.6. The summed E-state index contributed by atoms with van der Waals surface area (Å²) in [6.45, 7) is 3.94. The maximum absolute atomic E-state index is 10.9. The SMILES string of the molecule is C/C(=C\C=C(/C)c1ccc2ccc3ccc(-c4ccc(C=O)cc4)nc3c2n1)CO. The Kier molecular flexibility index (Phi) is 5.50. The Morgan fingerprint density at radius 1 is 0.833 bits per heavy atom. The number of carbonyl (C=O) groups excluding carboxylic acids is 1. The van der Waals surface area contributed by atoms with Crippen molar-refractivity contribution < 1.29 is 9.90 Å². The molecular formula is C26H22N2O2. The predicted octanol–water partition coefficient (Wildman–Crippen LogP) is 5.60. The van der Waals surface area contributed by atoms with Gasteiger partial charge in [-0.1, -0.05) is 60.7 Å². The second kappa shape index (κ2) is 8.39. The molecule has 0 aliphatic carbocycles. The fourth-order valence-electron chi connectivity index (χ4n) is 3.29. The van der Waals surface area contributed by atoms with Gasteiger partial charge in [-0.05, 0) is 37.1 Å². The van der Waals surface area contributed by atoms with Crippen molar-refractivity contribution in [2.45, 2.75) is 13.8 Å². The Hall–Kier alpha value is -3.63. The Morgan fingerprint density at radius 2 is 1.47 bits per heavy atom. The molecule has 0 bridgehead atoms. The Morgan fingerprint density at radius 3 is 2.13 bits per heavy atom. The van der Waals surface area contributed by atoms with Crippen LogP contribution in [0.25, 0.3) is 38.6 Å². The highest BCUT2D eigenvalue weighted by Gasteiger charge is 2.08. The minimum atomic E-state index is 0.0418. The summed E-state index contributed by atoms with van der Waals surface area (Å²) < 4.78 is 0. The molecule has 0 radical (unpaired) electrons. The number of allylic oxidation sites excluding steroid dienone is 3. The fourth-order valence-corrected chi connectivity index (χ4v) is 3.29. The van der Waals surface area contributed by atoms with Crippen LogP contribution in [0.4, 0.5) is 0 Å². The molecule has 4 nitrogen and oxygen atoms in total. The number of carbonyl (C=O) groups is 1. The van der Waals surface area contributed by atoms with Crippen LogP contribution in [-0.4, -0.2) is 28.0 Å². The average Bonchev–Trinajstić information content (AvgIpc) is 2.81. The molecule has 4 aromatic rings. The first-order valence-corrected chi connectivity index (χ1v) is 9.80. The molecule has 4 rings (SSSR count). The number of aldehydes is 1. The summed E-state index contributed by atoms with van der Waals surface area (Å²) in [6, 6.07) is 19.6. The van der Waals surface area contributed by atoms with Gasteiger partial charge >= 0.3 is 0 Å². The van der Waals surface area contributed by atoms with E-state index in [-0.39, 0.29) is 6.61 Å². The lowest BCUT2D eigenvalue weighted by Crippen LogP contribution is -1.92. The first kappa shape index (κ1) is 19.7. The lowest BCUT2D eigenvalue weighted by atomic mass is 10.1. The molecule has 0 atom stereocenters. The number of aromatic nitrogens is 2. The van der Waals surface area contributed by atoms with E-state index < -0.39 is 0 Å². The van der Waals surface area contributed by atoms with E-state index in [1.807, 2.05) is 50.3 Å². The highest BCUT2D eigenvalue weighted by atomic mass is 16.3. The quantitative estimate of drug-likeness (QED) is 0.272. The Bertz CT molecular complexity index is 1300. The van der Waals surface area contributed by atoms with Crippen molar-refractivity contribution in [2.24, 2.45) is 0 Å². The molecule has 0 saturated carbocycles. The zero-order valence-corrected chi connectivity index (χ0v) is 17.0. The highest BCUT2D eigenvalue weighted by molar-refractivity contribution is 6.03. The van der Waals surface area contributed by atoms with Gasteiger partial charge in [0.15, 0.2) is 0 Å². The van der Waals surface area contributed by atoms with Gasteiger partial charge in [-0.3, -0.25) is 4.79 Å². The minimum Gasteiger partial charge on any atom is -0.392 e. The fraction of sp³-hybridized carbons (Fsp3) is 0.115. The number of hydrogen-bond acceptors (Lipinski definition) is 4. The number of hydrogen-bond donors (Lipinski definition) is 1. The van der Waals surface area contributed by atoms with E-state index in [2.05, 4.69) is 24.3 Å². The van der Waals surface area contributed by atoms with Crippen molar-refractivity contribution in [1.29, 1.82) is 0 Å². The second-order valence-corrected chi connectivity index (χ2v) is 7.36. The molecule has 2 heterocycles. The molecule has 0 amide bonds. The van der Waals surface area contributed by atoms with E-state index in [0.29, 0.717) is 5.56 Å². The van der Waals surface area contributed by atoms with Crippen LogP contribution in [0, 0.1) is 0 Å². The van der Waals surface area contributed by atoms with Crippen LogP contribution in [0.1, 0.15) is 29.9 Å². The van der Waals surface area contributed by atoms with E-state index >= 15 is 0 Å². The van der Waals surface area contributed by atoms with Gasteiger partial charge in [-0.2, -0.15) is 0 Å². The molecule has 1 N–H and O–H groups in total. The van der Waals surface area contributed by atoms with Crippen LogP contribution in [-0.2, 0) is 0 Å². The van der Waals surface area contributed by atoms with Crippen molar-refractivity contribution in [3.8, 4) is 11.3 Å². The van der Waals surface area contributed by atoms with E-state index in [4.69, 9.17) is 9.97 Å². The summed E-state index contributed by atoms with van der Waals surface area (Å²) in [5.74, 6) is 0. The predicted molar refractivity (Wildman–Crippen MR) is 122 cm³/mol. The third kappa shape index (κ3) is 3.91. The average molecular weight is 394 g/mol. The smallest absolute Gasteiger partial charge is 0.150 e. The van der Waals surface area contributed by atoms with Crippen molar-refractivity contribution in [2.75, 3.05) is 6.61 Å². The van der Waals surface area contributed by atoms with E-state index in [1.165, 1.54) is 0 Å². The van der Waals surface area contributed by atoms with Gasteiger partial charge in [0, 0.05) is 21.9 Å². The highest BCUT2D eigenvalue weighted by Crippen LogP contribution is 2.27. The molecular weight excluding hydrogens is 372 g/mol. The van der Waals surface area contributed by atoms with Crippen molar-refractivity contribution in [1.82, 2.24) is 9.97 Å². The van der Waals surface area contributed by atoms with E-state index in [0.717, 1.165) is 56.2 Å². The van der Waals surface area contributed by atoms with Crippen molar-refractivity contribution >= 4 is 33.7 Å². The standard InChI is InChI=1S/C26H22N2O2/c1-17(15-29)3-4-18(2)23-13-11-21-9-10-22-12-14-24(28-26(22)25(21)27-23)20-7-5-19(16-30)6-8-20/h3-14,16,29H,15H2,1-2H3/b17-3+,18-4+. The van der Waals surface area contributed by atoms with Gasteiger partial charge in [-0.15, -0.1) is 0 Å². The zero-order chi connectivity index (χ0) is 21.1. The van der Waals surface area contributed by atoms with Crippen molar-refractivity contribution in [3.63, 3.8) is 0 Å². The largest absolute Gasteiger partial charge is 0.392 e. The third-order valence-electron chi connectivity index (χ3n) is 5.13. The van der Waals surface area contributed by atoms with Crippen LogP contribution in [0.2, 0.25) is 0 Å². The van der Waals surface area contributed by atoms with E-state index in [1.54, 1.807) is 12.1 Å². The maximum Gasteiger partial charge on any atom is 0.150 e. The number of fused-ring (bicyclic) bond motifs is 3. The summed E-state index contributed by atoms with van der Waals surface area (Å²) in [6.07, 6.45) is 4.71. The molecule has 30 heavy (non-hydrogen) atoms. The van der Waals surface area contributed by atoms with Crippen LogP contribution >= 0.6 is 0 Å². The van der Waals surface area contributed by atoms with Crippen molar-refractivity contribution in [3.05, 3.63) is 89.6 Å². The van der Waals surface area contributed by atoms with Gasteiger partial charge < -0.3 is 5.11 Å². The number of nitrogens with zero attached hydrogens (tertiary/aromatic N) is 2. The number of pyridine rings is 2. The van der Waals surface area contributed by atoms with E-state index in [9.17, 15) is 9.90 Å². The van der Waals surface area contributed by atoms with Gasteiger partial charge in [-0.25, -0.2) is 9.97 Å². The molecule has 0 spiro atoms. The van der Waals surface area contributed by atoms with Crippen LogP contribution < -0.4 is 0 Å². The summed E-state index contributed by atoms with van der Waals surface area (Å²) in [5, 5.41) is 11.2. The molecule has 0 aliphatic rings. The summed E-state index contributed by atoms with van der Waals surface area (Å²) in [5.41, 5.74) is 6.93. The Labute approximate surface area is 175 Å². The normalized spacial score (nSPS) is 12.5. The van der Waals surface area contributed by atoms with Gasteiger partial charge in [0.05, 0.1) is 29.0 Å². The molecule has 0 fully saturated rings. The minimum absolute atomic E-state index is 0.0418.